The molecule has 0 fully saturated rings. The smallest absolute Gasteiger partial charge is 0.336 e. The molecule has 0 amide bonds. The Morgan fingerprint density at radius 1 is 1.08 bits per heavy atom. The fourth-order valence-corrected chi connectivity index (χ4v) is 2.66. The SMILES string of the molecule is CCCC=C(F)c1ccc(-c2cc(CCC)ccc2C(=O)O)cc1. The third-order valence-electron chi connectivity index (χ3n) is 3.94. The van der Waals surface area contributed by atoms with Crippen molar-refractivity contribution in [3.05, 3.63) is 65.2 Å². The first-order valence-corrected chi connectivity index (χ1v) is 8.39. The number of carboxylic acid groups (broad SMARTS) is 1. The molecule has 126 valence electrons. The zero-order valence-electron chi connectivity index (χ0n) is 14.2. The molecule has 0 atom stereocenters. The number of unbranched alkanes of at least 4 members (excludes halogenated alkanes) is 1. The van der Waals surface area contributed by atoms with Gasteiger partial charge in [0.25, 0.3) is 0 Å². The molecule has 3 heteroatoms. The van der Waals surface area contributed by atoms with E-state index in [9.17, 15) is 14.3 Å². The van der Waals surface area contributed by atoms with Crippen molar-refractivity contribution in [1.82, 2.24) is 0 Å². The van der Waals surface area contributed by atoms with Crippen molar-refractivity contribution in [1.29, 1.82) is 0 Å². The third-order valence-corrected chi connectivity index (χ3v) is 3.94. The number of benzene rings is 2. The van der Waals surface area contributed by atoms with Gasteiger partial charge in [0.15, 0.2) is 0 Å². The Balaban J connectivity index is 2.40. The van der Waals surface area contributed by atoms with Crippen LogP contribution in [0.3, 0.4) is 0 Å². The third kappa shape index (κ3) is 4.31. The van der Waals surface area contributed by atoms with Crippen molar-refractivity contribution in [2.45, 2.75) is 39.5 Å². The molecule has 2 nitrogen and oxygen atoms in total. The molecule has 0 bridgehead atoms. The average Bonchev–Trinajstić information content (AvgIpc) is 2.60. The van der Waals surface area contributed by atoms with E-state index in [2.05, 4.69) is 6.92 Å². The van der Waals surface area contributed by atoms with E-state index >= 15 is 0 Å². The minimum atomic E-state index is -0.953. The lowest BCUT2D eigenvalue weighted by atomic mass is 9.95. The summed E-state index contributed by atoms with van der Waals surface area (Å²) in [4.78, 5) is 11.5. The Labute approximate surface area is 142 Å². The van der Waals surface area contributed by atoms with E-state index < -0.39 is 5.97 Å². The molecule has 0 spiro atoms. The van der Waals surface area contributed by atoms with E-state index in [0.717, 1.165) is 30.4 Å². The van der Waals surface area contributed by atoms with E-state index in [1.807, 2.05) is 19.1 Å². The lowest BCUT2D eigenvalue weighted by molar-refractivity contribution is 0.0697. The second kappa shape index (κ2) is 8.44. The van der Waals surface area contributed by atoms with Crippen LogP contribution in [0.1, 0.15) is 54.6 Å². The lowest BCUT2D eigenvalue weighted by Gasteiger charge is -2.10. The second-order valence-electron chi connectivity index (χ2n) is 5.85. The van der Waals surface area contributed by atoms with Gasteiger partial charge in [-0.2, -0.15) is 0 Å². The number of hydrogen-bond donors (Lipinski definition) is 1. The highest BCUT2D eigenvalue weighted by molar-refractivity contribution is 5.96. The van der Waals surface area contributed by atoms with E-state index in [0.29, 0.717) is 17.5 Å². The molecule has 24 heavy (non-hydrogen) atoms. The quantitative estimate of drug-likeness (QED) is 0.666. The van der Waals surface area contributed by atoms with Crippen LogP contribution < -0.4 is 0 Å². The number of allylic oxidation sites excluding steroid dienone is 1. The second-order valence-corrected chi connectivity index (χ2v) is 5.85. The monoisotopic (exact) mass is 326 g/mol. The van der Waals surface area contributed by atoms with Crippen LogP contribution in [0.5, 0.6) is 0 Å². The van der Waals surface area contributed by atoms with Crippen molar-refractivity contribution in [2.24, 2.45) is 0 Å². The lowest BCUT2D eigenvalue weighted by Crippen LogP contribution is -2.00. The number of rotatable bonds is 7. The topological polar surface area (TPSA) is 37.3 Å². The summed E-state index contributed by atoms with van der Waals surface area (Å²) in [6, 6.07) is 12.4. The summed E-state index contributed by atoms with van der Waals surface area (Å²) in [6.07, 6.45) is 5.09. The fraction of sp³-hybridized carbons (Fsp3) is 0.286. The van der Waals surface area contributed by atoms with E-state index in [-0.39, 0.29) is 11.4 Å². The van der Waals surface area contributed by atoms with Gasteiger partial charge in [0.05, 0.1) is 5.56 Å². The molecule has 2 aromatic carbocycles. The number of hydrogen-bond acceptors (Lipinski definition) is 1. The van der Waals surface area contributed by atoms with Gasteiger partial charge in [0, 0.05) is 5.56 Å². The average molecular weight is 326 g/mol. The zero-order valence-corrected chi connectivity index (χ0v) is 14.2. The van der Waals surface area contributed by atoms with Gasteiger partial charge in [-0.1, -0.05) is 63.1 Å². The standard InChI is InChI=1S/C21H23FO2/c1-3-5-7-20(22)17-11-9-16(10-12-17)19-14-15(6-4-2)8-13-18(19)21(23)24/h7-14H,3-6H2,1-2H3,(H,23,24). The summed E-state index contributed by atoms with van der Waals surface area (Å²) in [5.74, 6) is -1.19. The van der Waals surface area contributed by atoms with Crippen LogP contribution in [-0.2, 0) is 6.42 Å². The maximum Gasteiger partial charge on any atom is 0.336 e. The van der Waals surface area contributed by atoms with Crippen LogP contribution in [0.25, 0.3) is 17.0 Å². The molecule has 0 aliphatic heterocycles. The predicted molar refractivity (Wildman–Crippen MR) is 96.8 cm³/mol. The van der Waals surface area contributed by atoms with Gasteiger partial charge < -0.3 is 5.11 Å². The van der Waals surface area contributed by atoms with E-state index in [4.69, 9.17) is 0 Å². The molecule has 2 rings (SSSR count). The Kier molecular flexibility index (Phi) is 6.30. The van der Waals surface area contributed by atoms with Crippen LogP contribution in [0, 0.1) is 0 Å². The number of halogens is 1. The predicted octanol–water partition coefficient (Wildman–Crippen LogP) is 6.11. The number of aryl methyl sites for hydroxylation is 1. The summed E-state index contributed by atoms with van der Waals surface area (Å²) in [7, 11) is 0. The summed E-state index contributed by atoms with van der Waals surface area (Å²) < 4.78 is 14.0. The highest BCUT2D eigenvalue weighted by Crippen LogP contribution is 2.28. The van der Waals surface area contributed by atoms with Crippen molar-refractivity contribution in [2.75, 3.05) is 0 Å². The molecule has 0 unspecified atom stereocenters. The highest BCUT2D eigenvalue weighted by Gasteiger charge is 2.13. The zero-order chi connectivity index (χ0) is 17.5. The molecule has 0 aliphatic carbocycles. The Hall–Kier alpha value is -2.42. The molecule has 2 aromatic rings. The minimum Gasteiger partial charge on any atom is -0.478 e. The van der Waals surface area contributed by atoms with Crippen LogP contribution >= 0.6 is 0 Å². The molecule has 0 heterocycles. The van der Waals surface area contributed by atoms with Crippen LogP contribution in [0.15, 0.2) is 48.5 Å². The first kappa shape index (κ1) is 17.9. The van der Waals surface area contributed by atoms with Gasteiger partial charge >= 0.3 is 5.97 Å². The Morgan fingerprint density at radius 2 is 1.79 bits per heavy atom. The first-order valence-electron chi connectivity index (χ1n) is 8.39. The molecule has 0 radical (unpaired) electrons. The molecule has 0 saturated carbocycles. The number of carboxylic acids is 1. The fourth-order valence-electron chi connectivity index (χ4n) is 2.66. The van der Waals surface area contributed by atoms with Crippen molar-refractivity contribution in [3.8, 4) is 11.1 Å². The molecule has 0 saturated heterocycles. The first-order chi connectivity index (χ1) is 11.6. The van der Waals surface area contributed by atoms with Crippen LogP contribution in [-0.4, -0.2) is 11.1 Å². The van der Waals surface area contributed by atoms with Gasteiger partial charge in [0.2, 0.25) is 0 Å². The maximum absolute atomic E-state index is 14.0. The summed E-state index contributed by atoms with van der Waals surface area (Å²) in [5, 5.41) is 9.42. The van der Waals surface area contributed by atoms with Crippen molar-refractivity contribution in [3.63, 3.8) is 0 Å². The summed E-state index contributed by atoms with van der Waals surface area (Å²) in [5.41, 5.74) is 3.37. The van der Waals surface area contributed by atoms with Gasteiger partial charge in [-0.3, -0.25) is 0 Å². The summed E-state index contributed by atoms with van der Waals surface area (Å²) >= 11 is 0. The van der Waals surface area contributed by atoms with Gasteiger partial charge in [-0.05, 0) is 41.7 Å². The minimum absolute atomic E-state index is 0.235. The molecular weight excluding hydrogens is 303 g/mol. The van der Waals surface area contributed by atoms with Gasteiger partial charge in [0.1, 0.15) is 5.83 Å². The number of aromatic carboxylic acids is 1. The molecule has 1 N–H and O–H groups in total. The number of carbonyl (C=O) groups is 1. The Morgan fingerprint density at radius 3 is 2.38 bits per heavy atom. The van der Waals surface area contributed by atoms with Crippen LogP contribution in [0.4, 0.5) is 4.39 Å². The largest absolute Gasteiger partial charge is 0.478 e. The normalized spacial score (nSPS) is 11.5. The van der Waals surface area contributed by atoms with Crippen LogP contribution in [0.2, 0.25) is 0 Å². The van der Waals surface area contributed by atoms with Crippen molar-refractivity contribution >= 4 is 11.8 Å². The summed E-state index contributed by atoms with van der Waals surface area (Å²) in [6.45, 7) is 4.09. The Bertz CT molecular complexity index is 730. The molecule has 0 aliphatic rings. The van der Waals surface area contributed by atoms with E-state index in [1.165, 1.54) is 0 Å². The molecular formula is C21H23FO2. The van der Waals surface area contributed by atoms with E-state index in [1.54, 1.807) is 36.4 Å². The maximum atomic E-state index is 14.0. The van der Waals surface area contributed by atoms with Gasteiger partial charge in [-0.15, -0.1) is 0 Å². The van der Waals surface area contributed by atoms with Gasteiger partial charge in [-0.25, -0.2) is 9.18 Å². The van der Waals surface area contributed by atoms with Crippen molar-refractivity contribution < 1.29 is 14.3 Å². The highest BCUT2D eigenvalue weighted by atomic mass is 19.1. The molecule has 0 aromatic heterocycles.